The Bertz CT molecular complexity index is 1080. The number of nitriles is 2. The SMILES string of the molecule is Cc1c(C#N)c(-c2ccc(C#N)cc2)c(C)n1Cc1cc(C(=O)O)n[nH]1. The maximum atomic E-state index is 11.0. The minimum atomic E-state index is -1.09. The number of carboxylic acid groups (broad SMARTS) is 1. The Morgan fingerprint density at radius 2 is 1.88 bits per heavy atom. The molecule has 1 aromatic carbocycles. The molecule has 0 atom stereocenters. The summed E-state index contributed by atoms with van der Waals surface area (Å²) in [5.41, 5.74) is 5.05. The second-order valence-electron chi connectivity index (χ2n) is 5.89. The van der Waals surface area contributed by atoms with Crippen molar-refractivity contribution in [1.29, 1.82) is 10.5 Å². The van der Waals surface area contributed by atoms with Crippen molar-refractivity contribution in [2.75, 3.05) is 0 Å². The molecule has 7 heteroatoms. The molecule has 0 amide bonds. The Hall–Kier alpha value is -3.84. The van der Waals surface area contributed by atoms with Crippen LogP contribution in [0.3, 0.4) is 0 Å². The number of aromatic amines is 1. The quantitative estimate of drug-likeness (QED) is 0.753. The maximum Gasteiger partial charge on any atom is 0.356 e. The summed E-state index contributed by atoms with van der Waals surface area (Å²) in [5.74, 6) is -1.09. The topological polar surface area (TPSA) is 118 Å². The van der Waals surface area contributed by atoms with Gasteiger partial charge in [0, 0.05) is 17.0 Å². The van der Waals surface area contributed by atoms with Crippen LogP contribution in [0.5, 0.6) is 0 Å². The number of nitrogens with zero attached hydrogens (tertiary/aromatic N) is 4. The highest BCUT2D eigenvalue weighted by molar-refractivity contribution is 5.85. The van der Waals surface area contributed by atoms with Gasteiger partial charge in [-0.25, -0.2) is 4.79 Å². The van der Waals surface area contributed by atoms with Crippen LogP contribution in [0.15, 0.2) is 30.3 Å². The fourth-order valence-electron chi connectivity index (χ4n) is 3.04. The summed E-state index contributed by atoms with van der Waals surface area (Å²) in [4.78, 5) is 11.0. The zero-order valence-electron chi connectivity index (χ0n) is 14.2. The Morgan fingerprint density at radius 3 is 2.42 bits per heavy atom. The molecule has 0 radical (unpaired) electrons. The molecule has 0 aliphatic heterocycles. The Labute approximate surface area is 149 Å². The van der Waals surface area contributed by atoms with Crippen LogP contribution in [-0.4, -0.2) is 25.8 Å². The molecule has 0 aliphatic carbocycles. The van der Waals surface area contributed by atoms with E-state index in [9.17, 15) is 10.1 Å². The van der Waals surface area contributed by atoms with Crippen molar-refractivity contribution in [3.05, 3.63) is 64.2 Å². The number of carboxylic acids is 1. The van der Waals surface area contributed by atoms with Gasteiger partial charge >= 0.3 is 5.97 Å². The Kier molecular flexibility index (Phi) is 4.30. The van der Waals surface area contributed by atoms with Crippen molar-refractivity contribution in [2.45, 2.75) is 20.4 Å². The molecule has 2 N–H and O–H groups in total. The third kappa shape index (κ3) is 2.83. The second kappa shape index (κ2) is 6.58. The maximum absolute atomic E-state index is 11.0. The van der Waals surface area contributed by atoms with Crippen molar-refractivity contribution in [1.82, 2.24) is 14.8 Å². The van der Waals surface area contributed by atoms with Crippen molar-refractivity contribution < 1.29 is 9.90 Å². The summed E-state index contributed by atoms with van der Waals surface area (Å²) in [7, 11) is 0. The van der Waals surface area contributed by atoms with E-state index in [1.54, 1.807) is 12.1 Å². The van der Waals surface area contributed by atoms with Gasteiger partial charge in [-0.2, -0.15) is 15.6 Å². The number of carbonyl (C=O) groups is 1. The Balaban J connectivity index is 2.07. The molecule has 3 rings (SSSR count). The van der Waals surface area contributed by atoms with Crippen molar-refractivity contribution >= 4 is 5.97 Å². The van der Waals surface area contributed by atoms with Crippen LogP contribution >= 0.6 is 0 Å². The molecule has 0 fully saturated rings. The molecule has 3 aromatic rings. The number of hydrogen-bond donors (Lipinski definition) is 2. The molecule has 0 saturated heterocycles. The number of H-pyrrole nitrogens is 1. The molecule has 26 heavy (non-hydrogen) atoms. The number of nitrogens with one attached hydrogen (secondary N) is 1. The Morgan fingerprint density at radius 1 is 1.19 bits per heavy atom. The lowest BCUT2D eigenvalue weighted by Gasteiger charge is -2.08. The molecule has 0 aliphatic rings. The highest BCUT2D eigenvalue weighted by Crippen LogP contribution is 2.32. The molecule has 128 valence electrons. The zero-order valence-corrected chi connectivity index (χ0v) is 14.2. The molecule has 0 saturated carbocycles. The van der Waals surface area contributed by atoms with Gasteiger partial charge in [0.15, 0.2) is 5.69 Å². The fourth-order valence-corrected chi connectivity index (χ4v) is 3.04. The lowest BCUT2D eigenvalue weighted by atomic mass is 10.0. The number of hydrogen-bond acceptors (Lipinski definition) is 4. The fraction of sp³-hybridized carbons (Fsp3) is 0.158. The van der Waals surface area contributed by atoms with E-state index >= 15 is 0 Å². The third-order valence-corrected chi connectivity index (χ3v) is 4.38. The molecule has 0 unspecified atom stereocenters. The first kappa shape index (κ1) is 17.0. The van der Waals surface area contributed by atoms with E-state index in [4.69, 9.17) is 10.4 Å². The van der Waals surface area contributed by atoms with Crippen LogP contribution in [0.2, 0.25) is 0 Å². The first-order valence-electron chi connectivity index (χ1n) is 7.84. The predicted octanol–water partition coefficient (Wildman–Crippen LogP) is 2.98. The highest BCUT2D eigenvalue weighted by atomic mass is 16.4. The van der Waals surface area contributed by atoms with Gasteiger partial charge in [-0.3, -0.25) is 5.10 Å². The van der Waals surface area contributed by atoms with Crippen LogP contribution in [0.1, 0.15) is 38.7 Å². The number of aromatic nitrogens is 3. The number of rotatable bonds is 4. The van der Waals surface area contributed by atoms with Crippen molar-refractivity contribution in [3.8, 4) is 23.3 Å². The summed E-state index contributed by atoms with van der Waals surface area (Å²) >= 11 is 0. The van der Waals surface area contributed by atoms with Gasteiger partial charge in [0.05, 0.1) is 29.4 Å². The smallest absolute Gasteiger partial charge is 0.356 e. The minimum Gasteiger partial charge on any atom is -0.476 e. The van der Waals surface area contributed by atoms with Gasteiger partial charge in [0.25, 0.3) is 0 Å². The summed E-state index contributed by atoms with van der Waals surface area (Å²) in [5, 5.41) is 34.1. The second-order valence-corrected chi connectivity index (χ2v) is 5.89. The van der Waals surface area contributed by atoms with E-state index < -0.39 is 5.97 Å². The lowest BCUT2D eigenvalue weighted by Crippen LogP contribution is -2.04. The number of aromatic carboxylic acids is 1. The average molecular weight is 345 g/mol. The van der Waals surface area contributed by atoms with Crippen LogP contribution in [0.25, 0.3) is 11.1 Å². The summed E-state index contributed by atoms with van der Waals surface area (Å²) < 4.78 is 1.95. The molecule has 2 aromatic heterocycles. The minimum absolute atomic E-state index is 0.0460. The van der Waals surface area contributed by atoms with Crippen LogP contribution in [0.4, 0.5) is 0 Å². The van der Waals surface area contributed by atoms with Gasteiger partial charge in [0.2, 0.25) is 0 Å². The monoisotopic (exact) mass is 345 g/mol. The van der Waals surface area contributed by atoms with Gasteiger partial charge in [-0.1, -0.05) is 12.1 Å². The van der Waals surface area contributed by atoms with Crippen LogP contribution < -0.4 is 0 Å². The lowest BCUT2D eigenvalue weighted by molar-refractivity contribution is 0.0690. The standard InChI is InChI=1S/C19H15N5O2/c1-11-16(9-21)18(14-5-3-13(8-20)4-6-14)12(2)24(11)10-15-7-17(19(25)26)23-22-15/h3-7H,10H2,1-2H3,(H,22,23)(H,25,26). The van der Waals surface area contributed by atoms with E-state index in [2.05, 4.69) is 22.3 Å². The third-order valence-electron chi connectivity index (χ3n) is 4.38. The zero-order chi connectivity index (χ0) is 18.8. The van der Waals surface area contributed by atoms with Gasteiger partial charge < -0.3 is 9.67 Å². The summed E-state index contributed by atoms with van der Waals surface area (Å²) in [6.07, 6.45) is 0. The molecular formula is C19H15N5O2. The molecule has 7 nitrogen and oxygen atoms in total. The average Bonchev–Trinajstić information content (AvgIpc) is 3.20. The molecule has 2 heterocycles. The number of benzene rings is 1. The van der Waals surface area contributed by atoms with Crippen LogP contribution in [-0.2, 0) is 6.54 Å². The highest BCUT2D eigenvalue weighted by Gasteiger charge is 2.20. The van der Waals surface area contributed by atoms with Gasteiger partial charge in [0.1, 0.15) is 6.07 Å². The molecular weight excluding hydrogens is 330 g/mol. The van der Waals surface area contributed by atoms with E-state index in [0.717, 1.165) is 22.5 Å². The predicted molar refractivity (Wildman–Crippen MR) is 93.4 cm³/mol. The first-order chi connectivity index (χ1) is 12.5. The normalized spacial score (nSPS) is 10.3. The van der Waals surface area contributed by atoms with Crippen molar-refractivity contribution in [3.63, 3.8) is 0 Å². The van der Waals surface area contributed by atoms with Crippen molar-refractivity contribution in [2.24, 2.45) is 0 Å². The summed E-state index contributed by atoms with van der Waals surface area (Å²) in [6, 6.07) is 12.9. The van der Waals surface area contributed by atoms with Gasteiger partial charge in [-0.15, -0.1) is 0 Å². The molecule has 0 spiro atoms. The molecule has 0 bridgehead atoms. The van der Waals surface area contributed by atoms with Gasteiger partial charge in [-0.05, 0) is 37.6 Å². The first-order valence-corrected chi connectivity index (χ1v) is 7.84. The summed E-state index contributed by atoms with van der Waals surface area (Å²) in [6.45, 7) is 4.14. The van der Waals surface area contributed by atoms with E-state index in [-0.39, 0.29) is 5.69 Å². The van der Waals surface area contributed by atoms with E-state index in [1.165, 1.54) is 6.07 Å². The van der Waals surface area contributed by atoms with E-state index in [0.29, 0.717) is 23.4 Å². The largest absolute Gasteiger partial charge is 0.476 e. The van der Waals surface area contributed by atoms with E-state index in [1.807, 2.05) is 30.5 Å². The van der Waals surface area contributed by atoms with Crippen LogP contribution in [0, 0.1) is 36.5 Å².